The average molecular weight is 335 g/mol. The van der Waals surface area contributed by atoms with Crippen molar-refractivity contribution in [2.24, 2.45) is 0 Å². The topological polar surface area (TPSA) is 64.0 Å². The van der Waals surface area contributed by atoms with Crippen molar-refractivity contribution in [1.29, 1.82) is 0 Å². The van der Waals surface area contributed by atoms with Crippen LogP contribution >= 0.6 is 0 Å². The minimum absolute atomic E-state index is 0.0204. The largest absolute Gasteiger partial charge is 0.348 e. The van der Waals surface area contributed by atoms with E-state index in [4.69, 9.17) is 0 Å². The van der Waals surface area contributed by atoms with Gasteiger partial charge in [-0.05, 0) is 43.2 Å². The van der Waals surface area contributed by atoms with E-state index in [1.165, 1.54) is 0 Å². The molecule has 3 rings (SSSR count). The van der Waals surface area contributed by atoms with Crippen LogP contribution in [-0.2, 0) is 11.3 Å². The normalized spacial score (nSPS) is 12.1. The molecule has 2 aromatic heterocycles. The zero-order valence-corrected chi connectivity index (χ0v) is 14.4. The monoisotopic (exact) mass is 335 g/mol. The molecule has 0 fully saturated rings. The first-order valence-corrected chi connectivity index (χ1v) is 8.38. The van der Waals surface area contributed by atoms with E-state index in [0.29, 0.717) is 5.39 Å². The van der Waals surface area contributed by atoms with Crippen molar-refractivity contribution in [3.63, 3.8) is 0 Å². The highest BCUT2D eigenvalue weighted by Crippen LogP contribution is 2.16. The number of hydrogen-bond donors (Lipinski definition) is 1. The zero-order chi connectivity index (χ0) is 17.8. The van der Waals surface area contributed by atoms with Gasteiger partial charge in [0.2, 0.25) is 5.91 Å². The molecule has 5 heteroatoms. The third kappa shape index (κ3) is 3.60. The number of hydrogen-bond acceptors (Lipinski definition) is 3. The fraction of sp³-hybridized carbons (Fsp3) is 0.250. The molecule has 1 aromatic carbocycles. The lowest BCUT2D eigenvalue weighted by Gasteiger charge is -2.19. The summed E-state index contributed by atoms with van der Waals surface area (Å²) in [6, 6.07) is 12.7. The fourth-order valence-corrected chi connectivity index (χ4v) is 3.06. The lowest BCUT2D eigenvalue weighted by molar-refractivity contribution is -0.122. The molecule has 25 heavy (non-hydrogen) atoms. The summed E-state index contributed by atoms with van der Waals surface area (Å²) in [4.78, 5) is 28.8. The molecule has 3 aromatic rings. The van der Waals surface area contributed by atoms with E-state index in [1.807, 2.05) is 48.7 Å². The summed E-state index contributed by atoms with van der Waals surface area (Å²) in [5.41, 5.74) is 2.57. The second-order valence-corrected chi connectivity index (χ2v) is 6.06. The summed E-state index contributed by atoms with van der Waals surface area (Å²) < 4.78 is 1.88. The molecule has 0 aliphatic rings. The van der Waals surface area contributed by atoms with Crippen LogP contribution in [0.5, 0.6) is 0 Å². The predicted octanol–water partition coefficient (Wildman–Crippen LogP) is 2.97. The van der Waals surface area contributed by atoms with Crippen molar-refractivity contribution in [1.82, 2.24) is 14.9 Å². The molecule has 0 aliphatic heterocycles. The summed E-state index contributed by atoms with van der Waals surface area (Å²) in [7, 11) is 0. The molecule has 2 heterocycles. The molecule has 0 radical (unpaired) electrons. The summed E-state index contributed by atoms with van der Waals surface area (Å²) in [6.45, 7) is 4.06. The number of amides is 1. The Labute approximate surface area is 146 Å². The van der Waals surface area contributed by atoms with E-state index >= 15 is 0 Å². The van der Waals surface area contributed by atoms with Gasteiger partial charge in [0.05, 0.1) is 11.6 Å². The number of carbonyl (C=O) groups excluding carboxylic acids is 1. The maximum absolute atomic E-state index is 12.6. The van der Waals surface area contributed by atoms with E-state index < -0.39 is 0 Å². The number of aryl methyl sites for hydroxylation is 1. The second kappa shape index (κ2) is 7.30. The maximum Gasteiger partial charge on any atom is 0.240 e. The minimum atomic E-state index is -0.0828. The molecule has 0 bridgehead atoms. The smallest absolute Gasteiger partial charge is 0.240 e. The Morgan fingerprint density at radius 3 is 2.64 bits per heavy atom. The lowest BCUT2D eigenvalue weighted by atomic mass is 10.1. The molecule has 128 valence electrons. The van der Waals surface area contributed by atoms with E-state index in [-0.39, 0.29) is 23.9 Å². The van der Waals surface area contributed by atoms with Gasteiger partial charge in [0, 0.05) is 29.5 Å². The lowest BCUT2D eigenvalue weighted by Crippen LogP contribution is -2.32. The van der Waals surface area contributed by atoms with Crippen molar-refractivity contribution in [3.05, 3.63) is 76.3 Å². The van der Waals surface area contributed by atoms with Gasteiger partial charge in [0.15, 0.2) is 5.43 Å². The highest BCUT2D eigenvalue weighted by atomic mass is 16.2. The Morgan fingerprint density at radius 1 is 1.20 bits per heavy atom. The van der Waals surface area contributed by atoms with Crippen molar-refractivity contribution in [3.8, 4) is 0 Å². The van der Waals surface area contributed by atoms with Gasteiger partial charge in [-0.15, -0.1) is 0 Å². The van der Waals surface area contributed by atoms with Gasteiger partial charge in [-0.1, -0.05) is 19.1 Å². The Morgan fingerprint density at radius 2 is 1.92 bits per heavy atom. The molecular formula is C20H21N3O2. The Bertz CT molecular complexity index is 948. The van der Waals surface area contributed by atoms with Crippen molar-refractivity contribution < 1.29 is 4.79 Å². The van der Waals surface area contributed by atoms with Gasteiger partial charge < -0.3 is 9.88 Å². The van der Waals surface area contributed by atoms with Crippen LogP contribution in [0.25, 0.3) is 10.9 Å². The first kappa shape index (κ1) is 16.9. The highest BCUT2D eigenvalue weighted by molar-refractivity contribution is 5.82. The molecule has 5 nitrogen and oxygen atoms in total. The van der Waals surface area contributed by atoms with Crippen molar-refractivity contribution in [2.45, 2.75) is 32.9 Å². The molecule has 0 spiro atoms. The molecule has 0 saturated heterocycles. The molecule has 0 saturated carbocycles. The standard InChI is InChI=1S/C20H21N3O2/c1-3-17(15-8-10-21-11-9-15)22-20(25)13-23-14(2)12-19(24)16-6-4-5-7-18(16)23/h4-12,17H,3,13H2,1-2H3,(H,22,25)/t17-/m0/s1. The number of para-hydroxylation sites is 1. The molecule has 0 aliphatic carbocycles. The molecule has 1 atom stereocenters. The van der Waals surface area contributed by atoms with Gasteiger partial charge in [-0.2, -0.15) is 0 Å². The van der Waals surface area contributed by atoms with Crippen LogP contribution < -0.4 is 10.7 Å². The van der Waals surface area contributed by atoms with Crippen molar-refractivity contribution >= 4 is 16.8 Å². The number of aromatic nitrogens is 2. The third-order valence-electron chi connectivity index (χ3n) is 4.38. The van der Waals surface area contributed by atoms with Crippen LogP contribution in [0.3, 0.4) is 0 Å². The van der Waals surface area contributed by atoms with E-state index in [9.17, 15) is 9.59 Å². The summed E-state index contributed by atoms with van der Waals surface area (Å²) in [5.74, 6) is -0.0828. The number of pyridine rings is 2. The summed E-state index contributed by atoms with van der Waals surface area (Å²) >= 11 is 0. The summed E-state index contributed by atoms with van der Waals surface area (Å²) in [6.07, 6.45) is 4.24. The number of benzene rings is 1. The average Bonchev–Trinajstić information content (AvgIpc) is 2.64. The van der Waals surface area contributed by atoms with E-state index in [2.05, 4.69) is 10.3 Å². The zero-order valence-electron chi connectivity index (χ0n) is 14.4. The van der Waals surface area contributed by atoms with Gasteiger partial charge in [-0.25, -0.2) is 0 Å². The number of carbonyl (C=O) groups is 1. The van der Waals surface area contributed by atoms with Gasteiger partial charge in [0.1, 0.15) is 6.54 Å². The van der Waals surface area contributed by atoms with E-state index in [1.54, 1.807) is 24.5 Å². The minimum Gasteiger partial charge on any atom is -0.348 e. The molecule has 1 N–H and O–H groups in total. The van der Waals surface area contributed by atoms with Crippen LogP contribution in [-0.4, -0.2) is 15.5 Å². The fourth-order valence-electron chi connectivity index (χ4n) is 3.06. The molecule has 0 unspecified atom stereocenters. The van der Waals surface area contributed by atoms with Gasteiger partial charge in [-0.3, -0.25) is 14.6 Å². The van der Waals surface area contributed by atoms with Crippen molar-refractivity contribution in [2.75, 3.05) is 0 Å². The first-order chi connectivity index (χ1) is 12.1. The number of fused-ring (bicyclic) bond motifs is 1. The van der Waals surface area contributed by atoms with Crippen LogP contribution in [0.15, 0.2) is 59.7 Å². The Balaban J connectivity index is 1.86. The Kier molecular flexibility index (Phi) is 4.93. The first-order valence-electron chi connectivity index (χ1n) is 8.38. The Hall–Kier alpha value is -2.95. The molecular weight excluding hydrogens is 314 g/mol. The SMILES string of the molecule is CC[C@H](NC(=O)Cn1c(C)cc(=O)c2ccccc21)c1ccncc1. The van der Waals surface area contributed by atoms with Crippen LogP contribution in [0.4, 0.5) is 0 Å². The molecule has 1 amide bonds. The van der Waals surface area contributed by atoms with E-state index in [0.717, 1.165) is 23.2 Å². The number of nitrogens with zero attached hydrogens (tertiary/aromatic N) is 2. The van der Waals surface area contributed by atoms with Crippen LogP contribution in [0.2, 0.25) is 0 Å². The highest BCUT2D eigenvalue weighted by Gasteiger charge is 2.14. The maximum atomic E-state index is 12.6. The third-order valence-corrected chi connectivity index (χ3v) is 4.38. The van der Waals surface area contributed by atoms with Gasteiger partial charge >= 0.3 is 0 Å². The second-order valence-electron chi connectivity index (χ2n) is 6.06. The number of rotatable bonds is 5. The van der Waals surface area contributed by atoms with Gasteiger partial charge in [0.25, 0.3) is 0 Å². The number of nitrogens with one attached hydrogen (secondary N) is 1. The quantitative estimate of drug-likeness (QED) is 0.779. The predicted molar refractivity (Wildman–Crippen MR) is 98.4 cm³/mol. The summed E-state index contributed by atoms with van der Waals surface area (Å²) in [5, 5.41) is 3.70. The van der Waals surface area contributed by atoms with Crippen LogP contribution in [0, 0.1) is 6.92 Å². The van der Waals surface area contributed by atoms with Crippen LogP contribution in [0.1, 0.15) is 30.6 Å².